The van der Waals surface area contributed by atoms with E-state index < -0.39 is 0 Å². The molecule has 1 amide bonds. The third-order valence-electron chi connectivity index (χ3n) is 3.08. The summed E-state index contributed by atoms with van der Waals surface area (Å²) in [5.41, 5.74) is 7.46. The normalized spacial score (nSPS) is 15.5. The van der Waals surface area contributed by atoms with Crippen molar-refractivity contribution in [2.75, 3.05) is 4.90 Å². The molecule has 2 heterocycles. The number of carbonyl (C=O) groups excluding carboxylic acids is 1. The molecule has 1 aliphatic rings. The number of hydrogen-bond acceptors (Lipinski definition) is 4. The highest BCUT2D eigenvalue weighted by Crippen LogP contribution is 2.33. The number of fused-ring (bicyclic) bond motifs is 1. The van der Waals surface area contributed by atoms with Crippen LogP contribution in [0.25, 0.3) is 0 Å². The highest BCUT2D eigenvalue weighted by Gasteiger charge is 2.30. The minimum atomic E-state index is -0.251. The van der Waals surface area contributed by atoms with Crippen LogP contribution in [0.2, 0.25) is 0 Å². The van der Waals surface area contributed by atoms with E-state index in [0.29, 0.717) is 18.1 Å². The Bertz CT molecular complexity index is 625. The van der Waals surface area contributed by atoms with Crippen LogP contribution in [-0.4, -0.2) is 15.9 Å². The molecule has 1 aliphatic heterocycles. The smallest absolute Gasteiger partial charge is 0.237 e. The van der Waals surface area contributed by atoms with Crippen molar-refractivity contribution in [1.82, 2.24) is 9.97 Å². The number of nitrogens with two attached hydrogens (primary N) is 1. The average molecular weight is 254 g/mol. The molecule has 3 rings (SSSR count). The molecule has 0 bridgehead atoms. The first-order valence-corrected chi connectivity index (χ1v) is 6.16. The fourth-order valence-electron chi connectivity index (χ4n) is 2.15. The van der Waals surface area contributed by atoms with E-state index in [4.69, 9.17) is 5.73 Å². The van der Waals surface area contributed by atoms with Crippen LogP contribution >= 0.6 is 0 Å². The van der Waals surface area contributed by atoms with Crippen molar-refractivity contribution in [2.45, 2.75) is 19.4 Å². The van der Waals surface area contributed by atoms with Crippen molar-refractivity contribution in [1.29, 1.82) is 0 Å². The Balaban J connectivity index is 2.10. The maximum absolute atomic E-state index is 12.1. The summed E-state index contributed by atoms with van der Waals surface area (Å²) >= 11 is 0. The predicted octanol–water partition coefficient (Wildman–Crippen LogP) is 1.72. The lowest BCUT2D eigenvalue weighted by molar-refractivity contribution is -0.116. The number of rotatable bonds is 2. The maximum atomic E-state index is 12.1. The molecular formula is C14H14N4O. The number of hydrogen-bond donors (Lipinski definition) is 1. The Hall–Kier alpha value is -2.27. The van der Waals surface area contributed by atoms with Crippen LogP contribution in [0, 0.1) is 0 Å². The van der Waals surface area contributed by atoms with E-state index in [1.807, 2.05) is 37.3 Å². The molecule has 1 unspecified atom stereocenters. The molecule has 0 radical (unpaired) electrons. The lowest BCUT2D eigenvalue weighted by Gasteiger charge is -2.17. The van der Waals surface area contributed by atoms with Crippen LogP contribution in [0.15, 0.2) is 36.5 Å². The number of anilines is 2. The molecular weight excluding hydrogens is 240 g/mol. The van der Waals surface area contributed by atoms with Crippen molar-refractivity contribution in [2.24, 2.45) is 5.73 Å². The number of carbonyl (C=O) groups is 1. The second-order valence-corrected chi connectivity index (χ2v) is 4.61. The molecule has 1 aromatic heterocycles. The standard InChI is InChI=1S/C14H14N4O/c1-9(15)13-16-8-10-7-12(19)18(14(10)17-13)11-5-3-2-4-6-11/h2-6,8-9H,7,15H2,1H3. The molecule has 5 nitrogen and oxygen atoms in total. The van der Waals surface area contributed by atoms with Gasteiger partial charge in [-0.25, -0.2) is 9.97 Å². The van der Waals surface area contributed by atoms with Gasteiger partial charge in [0, 0.05) is 11.8 Å². The summed E-state index contributed by atoms with van der Waals surface area (Å²) < 4.78 is 0. The summed E-state index contributed by atoms with van der Waals surface area (Å²) in [7, 11) is 0. The Morgan fingerprint density at radius 1 is 1.32 bits per heavy atom. The molecule has 0 fully saturated rings. The minimum Gasteiger partial charge on any atom is -0.322 e. The lowest BCUT2D eigenvalue weighted by Crippen LogP contribution is -2.22. The zero-order valence-electron chi connectivity index (χ0n) is 10.6. The van der Waals surface area contributed by atoms with Crippen molar-refractivity contribution in [3.63, 3.8) is 0 Å². The molecule has 0 spiro atoms. The topological polar surface area (TPSA) is 72.1 Å². The fourth-order valence-corrected chi connectivity index (χ4v) is 2.15. The summed E-state index contributed by atoms with van der Waals surface area (Å²) in [6.45, 7) is 1.82. The summed E-state index contributed by atoms with van der Waals surface area (Å²) in [5, 5.41) is 0. The van der Waals surface area contributed by atoms with Gasteiger partial charge in [0.2, 0.25) is 5.91 Å². The van der Waals surface area contributed by atoms with Crippen LogP contribution in [-0.2, 0) is 11.2 Å². The van der Waals surface area contributed by atoms with E-state index in [1.54, 1.807) is 11.1 Å². The third-order valence-corrected chi connectivity index (χ3v) is 3.08. The third kappa shape index (κ3) is 1.98. The first kappa shape index (κ1) is 11.8. The van der Waals surface area contributed by atoms with Crippen molar-refractivity contribution >= 4 is 17.4 Å². The van der Waals surface area contributed by atoms with Crippen LogP contribution in [0.3, 0.4) is 0 Å². The molecule has 96 valence electrons. The van der Waals surface area contributed by atoms with Crippen LogP contribution in [0.5, 0.6) is 0 Å². The average Bonchev–Trinajstić information content (AvgIpc) is 2.74. The molecule has 2 N–H and O–H groups in total. The second kappa shape index (κ2) is 4.44. The molecule has 0 saturated carbocycles. The largest absolute Gasteiger partial charge is 0.322 e. The Labute approximate surface area is 111 Å². The van der Waals surface area contributed by atoms with Gasteiger partial charge >= 0.3 is 0 Å². The van der Waals surface area contributed by atoms with Crippen molar-refractivity contribution in [3.05, 3.63) is 47.9 Å². The van der Waals surface area contributed by atoms with Gasteiger partial charge in [0.15, 0.2) is 0 Å². The number of benzene rings is 1. The van der Waals surface area contributed by atoms with Crippen LogP contribution < -0.4 is 10.6 Å². The Kier molecular flexibility index (Phi) is 2.76. The van der Waals surface area contributed by atoms with Gasteiger partial charge in [-0.2, -0.15) is 0 Å². The van der Waals surface area contributed by atoms with Gasteiger partial charge in [-0.3, -0.25) is 9.69 Å². The van der Waals surface area contributed by atoms with Crippen LogP contribution in [0.1, 0.15) is 24.4 Å². The molecule has 0 aliphatic carbocycles. The van der Waals surface area contributed by atoms with E-state index in [0.717, 1.165) is 11.3 Å². The van der Waals surface area contributed by atoms with Crippen LogP contribution in [0.4, 0.5) is 11.5 Å². The van der Waals surface area contributed by atoms with E-state index in [1.165, 1.54) is 0 Å². The zero-order chi connectivity index (χ0) is 13.4. The number of amides is 1. The lowest BCUT2D eigenvalue weighted by atomic mass is 10.2. The van der Waals surface area contributed by atoms with E-state index in [9.17, 15) is 4.79 Å². The zero-order valence-corrected chi connectivity index (χ0v) is 10.6. The quantitative estimate of drug-likeness (QED) is 0.885. The summed E-state index contributed by atoms with van der Waals surface area (Å²) in [4.78, 5) is 22.4. The van der Waals surface area contributed by atoms with Crippen molar-refractivity contribution < 1.29 is 4.79 Å². The molecule has 1 atom stereocenters. The van der Waals surface area contributed by atoms with E-state index in [2.05, 4.69) is 9.97 Å². The first-order chi connectivity index (χ1) is 9.16. The fraction of sp³-hybridized carbons (Fsp3) is 0.214. The molecule has 2 aromatic rings. The van der Waals surface area contributed by atoms with Gasteiger partial charge in [0.1, 0.15) is 11.6 Å². The van der Waals surface area contributed by atoms with E-state index >= 15 is 0 Å². The number of nitrogens with zero attached hydrogens (tertiary/aromatic N) is 3. The van der Waals surface area contributed by atoms with Gasteiger partial charge in [0.05, 0.1) is 18.2 Å². The maximum Gasteiger partial charge on any atom is 0.237 e. The summed E-state index contributed by atoms with van der Waals surface area (Å²) in [6, 6.07) is 9.24. The predicted molar refractivity (Wildman–Crippen MR) is 71.9 cm³/mol. The minimum absolute atomic E-state index is 0.0114. The van der Waals surface area contributed by atoms with Gasteiger partial charge in [-0.05, 0) is 19.1 Å². The molecule has 19 heavy (non-hydrogen) atoms. The number of aromatic nitrogens is 2. The SMILES string of the molecule is CC(N)c1ncc2c(n1)N(c1ccccc1)C(=O)C2. The summed E-state index contributed by atoms with van der Waals surface area (Å²) in [6.07, 6.45) is 2.03. The second-order valence-electron chi connectivity index (χ2n) is 4.61. The van der Waals surface area contributed by atoms with Gasteiger partial charge in [-0.1, -0.05) is 18.2 Å². The highest BCUT2D eigenvalue weighted by molar-refractivity contribution is 6.06. The van der Waals surface area contributed by atoms with Gasteiger partial charge < -0.3 is 5.73 Å². The molecule has 1 aromatic carbocycles. The Morgan fingerprint density at radius 3 is 2.74 bits per heavy atom. The molecule has 0 saturated heterocycles. The Morgan fingerprint density at radius 2 is 2.05 bits per heavy atom. The monoisotopic (exact) mass is 254 g/mol. The van der Waals surface area contributed by atoms with E-state index in [-0.39, 0.29) is 11.9 Å². The first-order valence-electron chi connectivity index (χ1n) is 6.16. The van der Waals surface area contributed by atoms with Crippen molar-refractivity contribution in [3.8, 4) is 0 Å². The number of para-hydroxylation sites is 1. The van der Waals surface area contributed by atoms with Gasteiger partial charge in [0.25, 0.3) is 0 Å². The highest BCUT2D eigenvalue weighted by atomic mass is 16.2. The van der Waals surface area contributed by atoms with Gasteiger partial charge in [-0.15, -0.1) is 0 Å². The summed E-state index contributed by atoms with van der Waals surface area (Å²) in [5.74, 6) is 1.21. The molecule has 5 heteroatoms.